The van der Waals surface area contributed by atoms with Gasteiger partial charge in [-0.1, -0.05) is 30.3 Å². The zero-order valence-electron chi connectivity index (χ0n) is 15.1. The first kappa shape index (κ1) is 17.4. The summed E-state index contributed by atoms with van der Waals surface area (Å²) in [5, 5.41) is 0. The predicted molar refractivity (Wildman–Crippen MR) is 99.8 cm³/mol. The minimum atomic E-state index is -0.0364. The lowest BCUT2D eigenvalue weighted by Gasteiger charge is -2.22. The lowest BCUT2D eigenvalue weighted by Crippen LogP contribution is -2.38. The van der Waals surface area contributed by atoms with Crippen molar-refractivity contribution in [3.63, 3.8) is 0 Å². The highest BCUT2D eigenvalue weighted by Gasteiger charge is 2.24. The molecule has 0 atom stereocenters. The third-order valence-corrected chi connectivity index (χ3v) is 4.95. The van der Waals surface area contributed by atoms with Gasteiger partial charge in [-0.15, -0.1) is 0 Å². The van der Waals surface area contributed by atoms with Gasteiger partial charge in [0.1, 0.15) is 0 Å². The number of rotatable bonds is 3. The second kappa shape index (κ2) is 7.70. The number of nitrogens with zero attached hydrogens (tertiary/aromatic N) is 2. The van der Waals surface area contributed by atoms with E-state index in [1.54, 1.807) is 18.2 Å². The lowest BCUT2D eigenvalue weighted by atomic mass is 10.1. The summed E-state index contributed by atoms with van der Waals surface area (Å²) in [7, 11) is 0. The van der Waals surface area contributed by atoms with Crippen LogP contribution in [0.15, 0.2) is 48.5 Å². The Labute approximate surface area is 158 Å². The number of carbonyl (C=O) groups excluding carboxylic acids is 2. The van der Waals surface area contributed by atoms with Crippen molar-refractivity contribution < 1.29 is 19.1 Å². The van der Waals surface area contributed by atoms with Crippen LogP contribution in [0.4, 0.5) is 0 Å². The van der Waals surface area contributed by atoms with Crippen LogP contribution in [0.5, 0.6) is 11.5 Å². The summed E-state index contributed by atoms with van der Waals surface area (Å²) in [6.45, 7) is 2.60. The maximum atomic E-state index is 12.8. The van der Waals surface area contributed by atoms with Crippen molar-refractivity contribution in [1.82, 2.24) is 9.80 Å². The maximum Gasteiger partial charge on any atom is 0.254 e. The predicted octanol–water partition coefficient (Wildman–Crippen LogP) is 2.33. The fourth-order valence-electron chi connectivity index (χ4n) is 3.46. The molecular formula is C21H22N2O4. The molecule has 2 aliphatic heterocycles. The molecule has 0 saturated carbocycles. The summed E-state index contributed by atoms with van der Waals surface area (Å²) in [5.41, 5.74) is 1.60. The molecular weight excluding hydrogens is 344 g/mol. The van der Waals surface area contributed by atoms with Crippen LogP contribution in [-0.2, 0) is 11.2 Å². The highest BCUT2D eigenvalue weighted by molar-refractivity contribution is 5.95. The summed E-state index contributed by atoms with van der Waals surface area (Å²) < 4.78 is 10.7. The molecule has 2 aromatic carbocycles. The third-order valence-electron chi connectivity index (χ3n) is 4.95. The van der Waals surface area contributed by atoms with E-state index in [0.29, 0.717) is 49.7 Å². The highest BCUT2D eigenvalue weighted by atomic mass is 16.7. The maximum absolute atomic E-state index is 12.8. The molecule has 0 spiro atoms. The topological polar surface area (TPSA) is 59.1 Å². The van der Waals surface area contributed by atoms with Crippen LogP contribution in [0.25, 0.3) is 0 Å². The van der Waals surface area contributed by atoms with Crippen molar-refractivity contribution in [3.05, 3.63) is 59.7 Å². The SMILES string of the molecule is O=C(Cc1ccccc1)N1CCCN(C(=O)c2ccc3c(c2)OCO3)CC1. The van der Waals surface area contributed by atoms with E-state index in [9.17, 15) is 9.59 Å². The van der Waals surface area contributed by atoms with E-state index in [1.165, 1.54) is 0 Å². The molecule has 1 fully saturated rings. The van der Waals surface area contributed by atoms with Gasteiger partial charge < -0.3 is 19.3 Å². The van der Waals surface area contributed by atoms with E-state index in [2.05, 4.69) is 0 Å². The Bertz CT molecular complexity index is 837. The molecule has 0 bridgehead atoms. The Balaban J connectivity index is 1.38. The zero-order chi connectivity index (χ0) is 18.6. The van der Waals surface area contributed by atoms with Crippen molar-refractivity contribution in [2.45, 2.75) is 12.8 Å². The first-order valence-electron chi connectivity index (χ1n) is 9.21. The van der Waals surface area contributed by atoms with Crippen molar-refractivity contribution in [2.24, 2.45) is 0 Å². The van der Waals surface area contributed by atoms with Crippen molar-refractivity contribution in [2.75, 3.05) is 33.0 Å². The van der Waals surface area contributed by atoms with Gasteiger partial charge in [-0.05, 0) is 30.2 Å². The second-order valence-corrected chi connectivity index (χ2v) is 6.76. The van der Waals surface area contributed by atoms with Gasteiger partial charge in [0.25, 0.3) is 5.91 Å². The van der Waals surface area contributed by atoms with Crippen LogP contribution < -0.4 is 9.47 Å². The van der Waals surface area contributed by atoms with Crippen LogP contribution in [0.2, 0.25) is 0 Å². The van der Waals surface area contributed by atoms with Gasteiger partial charge in [0, 0.05) is 31.7 Å². The quantitative estimate of drug-likeness (QED) is 0.837. The van der Waals surface area contributed by atoms with E-state index in [4.69, 9.17) is 9.47 Å². The molecule has 140 valence electrons. The normalized spacial score (nSPS) is 16.1. The Morgan fingerprint density at radius 3 is 2.44 bits per heavy atom. The first-order chi connectivity index (χ1) is 13.2. The van der Waals surface area contributed by atoms with Crippen LogP contribution >= 0.6 is 0 Å². The fourth-order valence-corrected chi connectivity index (χ4v) is 3.46. The van der Waals surface area contributed by atoms with Crippen LogP contribution in [-0.4, -0.2) is 54.6 Å². The molecule has 2 aliphatic rings. The Hall–Kier alpha value is -3.02. The van der Waals surface area contributed by atoms with E-state index in [1.807, 2.05) is 40.1 Å². The van der Waals surface area contributed by atoms with Gasteiger partial charge in [0.2, 0.25) is 12.7 Å². The van der Waals surface area contributed by atoms with Gasteiger partial charge in [0.15, 0.2) is 11.5 Å². The average molecular weight is 366 g/mol. The summed E-state index contributed by atoms with van der Waals surface area (Å²) in [6, 6.07) is 15.0. The van der Waals surface area contributed by atoms with Gasteiger partial charge in [-0.3, -0.25) is 9.59 Å². The highest BCUT2D eigenvalue weighted by Crippen LogP contribution is 2.32. The standard InChI is InChI=1S/C21H22N2O4/c24-20(13-16-5-2-1-3-6-16)22-9-4-10-23(12-11-22)21(25)17-7-8-18-19(14-17)27-15-26-18/h1-3,5-8,14H,4,9-13,15H2. The molecule has 6 heteroatoms. The second-order valence-electron chi connectivity index (χ2n) is 6.76. The lowest BCUT2D eigenvalue weighted by molar-refractivity contribution is -0.130. The molecule has 1 saturated heterocycles. The number of benzene rings is 2. The summed E-state index contributed by atoms with van der Waals surface area (Å²) in [5.74, 6) is 1.35. The van der Waals surface area contributed by atoms with Crippen LogP contribution in [0.1, 0.15) is 22.3 Å². The first-order valence-corrected chi connectivity index (χ1v) is 9.21. The van der Waals surface area contributed by atoms with Gasteiger partial charge in [-0.25, -0.2) is 0 Å². The van der Waals surface area contributed by atoms with E-state index in [-0.39, 0.29) is 18.6 Å². The number of fused-ring (bicyclic) bond motifs is 1. The van der Waals surface area contributed by atoms with Crippen molar-refractivity contribution in [3.8, 4) is 11.5 Å². The average Bonchev–Trinajstić information content (AvgIpc) is 3.02. The van der Waals surface area contributed by atoms with Crippen LogP contribution in [0.3, 0.4) is 0 Å². The Kier molecular flexibility index (Phi) is 4.96. The summed E-state index contributed by atoms with van der Waals surface area (Å²) >= 11 is 0. The summed E-state index contributed by atoms with van der Waals surface area (Å²) in [6.07, 6.45) is 1.17. The molecule has 27 heavy (non-hydrogen) atoms. The molecule has 0 unspecified atom stereocenters. The molecule has 2 aromatic rings. The van der Waals surface area contributed by atoms with E-state index >= 15 is 0 Å². The van der Waals surface area contributed by atoms with Crippen molar-refractivity contribution >= 4 is 11.8 Å². The molecule has 0 aliphatic carbocycles. The minimum Gasteiger partial charge on any atom is -0.454 e. The zero-order valence-corrected chi connectivity index (χ0v) is 15.1. The monoisotopic (exact) mass is 366 g/mol. The number of amides is 2. The molecule has 0 N–H and O–H groups in total. The summed E-state index contributed by atoms with van der Waals surface area (Å²) in [4.78, 5) is 29.1. The molecule has 6 nitrogen and oxygen atoms in total. The van der Waals surface area contributed by atoms with Gasteiger partial charge in [0.05, 0.1) is 6.42 Å². The molecule has 2 amide bonds. The molecule has 0 aromatic heterocycles. The van der Waals surface area contributed by atoms with E-state index in [0.717, 1.165) is 12.0 Å². The smallest absolute Gasteiger partial charge is 0.254 e. The van der Waals surface area contributed by atoms with Crippen LogP contribution in [0, 0.1) is 0 Å². The Morgan fingerprint density at radius 1 is 0.852 bits per heavy atom. The molecule has 2 heterocycles. The number of hydrogen-bond acceptors (Lipinski definition) is 4. The van der Waals surface area contributed by atoms with E-state index < -0.39 is 0 Å². The Morgan fingerprint density at radius 2 is 1.59 bits per heavy atom. The largest absolute Gasteiger partial charge is 0.454 e. The number of ether oxygens (including phenoxy) is 2. The van der Waals surface area contributed by atoms with Gasteiger partial charge >= 0.3 is 0 Å². The van der Waals surface area contributed by atoms with Gasteiger partial charge in [-0.2, -0.15) is 0 Å². The minimum absolute atomic E-state index is 0.0364. The number of hydrogen-bond donors (Lipinski definition) is 0. The molecule has 4 rings (SSSR count). The number of carbonyl (C=O) groups is 2. The third kappa shape index (κ3) is 3.89. The fraction of sp³-hybridized carbons (Fsp3) is 0.333. The van der Waals surface area contributed by atoms with Crippen molar-refractivity contribution in [1.29, 1.82) is 0 Å². The molecule has 0 radical (unpaired) electrons.